The summed E-state index contributed by atoms with van der Waals surface area (Å²) in [5, 5.41) is 26.7. The van der Waals surface area contributed by atoms with E-state index in [1.165, 1.54) is 10.9 Å². The monoisotopic (exact) mass is 706 g/mol. The van der Waals surface area contributed by atoms with Crippen molar-refractivity contribution in [1.29, 1.82) is 0 Å². The molecule has 258 valence electrons. The molecule has 17 N–H and O–H groups in total. The first-order chi connectivity index (χ1) is 21.3. The summed E-state index contributed by atoms with van der Waals surface area (Å²) in [6.45, 7) is -1.58. The topological polar surface area (TPSA) is 414 Å². The van der Waals surface area contributed by atoms with E-state index < -0.39 is 83.2 Å². The van der Waals surface area contributed by atoms with Crippen molar-refractivity contribution in [3.05, 3.63) is 29.3 Å². The fourth-order valence-electron chi connectivity index (χ4n) is 5.52. The number of aliphatic hydroxyl groups is 2. The number of hydrogen-bond acceptors (Lipinski definition) is 18. The van der Waals surface area contributed by atoms with Crippen molar-refractivity contribution in [1.82, 2.24) is 61.5 Å². The summed E-state index contributed by atoms with van der Waals surface area (Å²) in [7, 11) is -10.1. The summed E-state index contributed by atoms with van der Waals surface area (Å²) in [6.07, 6.45) is -5.36. The molecule has 3 aliphatic heterocycles. The Hall–Kier alpha value is -3.52. The molecule has 7 rings (SSSR count). The Balaban J connectivity index is 0.00000217. The highest BCUT2D eigenvalue weighted by Crippen LogP contribution is 2.45. The van der Waals surface area contributed by atoms with Crippen LogP contribution in [0.15, 0.2) is 23.8 Å². The predicted octanol–water partition coefficient (Wildman–Crippen LogP) is -3.71. The standard InChI is InChI=1S/C20H26N12O11P2.2H3N/c21-14-10-15(24-3-23-14)31(4-25-10)18-12(33)8-6(42-18)1-40-45(38,39)30-9-7(2-41-44(36,37)29-8)43-19(13(9)34)32-5-26-11-16(32)27-20(22)28-17(11)35;;/h3-9,12-13,18-19,33-34H,1-2H2,(H2,21,23,24)(H2,29,36,37)(H2,30,38,39)(H3,22,27,28,35);2*1H3/t6-,7-,8-,9-,12-,13-,18-,19-;;/m1../s1. The van der Waals surface area contributed by atoms with Gasteiger partial charge in [-0.1, -0.05) is 0 Å². The lowest BCUT2D eigenvalue weighted by Gasteiger charge is -2.36. The Morgan fingerprint density at radius 1 is 0.830 bits per heavy atom. The number of nitrogens with zero attached hydrogens (tertiary/aromatic N) is 7. The highest BCUT2D eigenvalue weighted by Gasteiger charge is 2.50. The quantitative estimate of drug-likeness (QED) is 0.0905. The lowest BCUT2D eigenvalue weighted by atomic mass is 10.1. The van der Waals surface area contributed by atoms with Crippen LogP contribution in [0.4, 0.5) is 11.8 Å². The molecule has 10 atom stereocenters. The molecule has 7 heterocycles. The molecular weight excluding hydrogens is 674 g/mol. The van der Waals surface area contributed by atoms with Gasteiger partial charge in [0.15, 0.2) is 35.1 Å². The van der Waals surface area contributed by atoms with Crippen molar-refractivity contribution >= 4 is 49.6 Å². The van der Waals surface area contributed by atoms with Crippen molar-refractivity contribution in [2.24, 2.45) is 0 Å². The number of fused-ring (bicyclic) bond motifs is 4. The van der Waals surface area contributed by atoms with Crippen molar-refractivity contribution in [2.75, 3.05) is 24.7 Å². The average molecular weight is 707 g/mol. The van der Waals surface area contributed by atoms with Crippen LogP contribution < -0.4 is 49.3 Å². The molecule has 2 unspecified atom stereocenters. The fraction of sp³-hybridized carbons (Fsp3) is 0.500. The first kappa shape index (κ1) is 34.8. The minimum atomic E-state index is -5.04. The van der Waals surface area contributed by atoms with Gasteiger partial charge in [-0.2, -0.15) is 4.98 Å². The molecule has 0 amide bonds. The van der Waals surface area contributed by atoms with Gasteiger partial charge >= 0.3 is 0 Å². The van der Waals surface area contributed by atoms with Crippen molar-refractivity contribution in [2.45, 2.75) is 49.0 Å². The van der Waals surface area contributed by atoms with Crippen LogP contribution in [-0.4, -0.2) is 99.0 Å². The molecule has 3 fully saturated rings. The second-order valence-electron chi connectivity index (χ2n) is 10.4. The number of nitrogens with one attached hydrogen (secondary N) is 3. The highest BCUT2D eigenvalue weighted by molar-refractivity contribution is 7.49. The number of aromatic nitrogens is 8. The Bertz CT molecular complexity index is 1940. The minimum absolute atomic E-state index is 0. The first-order valence-electron chi connectivity index (χ1n) is 13.1. The Labute approximate surface area is 262 Å². The lowest BCUT2D eigenvalue weighted by molar-refractivity contribution is -0.209. The summed E-state index contributed by atoms with van der Waals surface area (Å²) >= 11 is 0. The van der Waals surface area contributed by atoms with Crippen LogP contribution >= 0.6 is 15.5 Å². The molecule has 0 bridgehead atoms. The second kappa shape index (κ2) is 12.5. The molecule has 25 nitrogen and oxygen atoms in total. The number of hydrogen-bond donors (Lipinski definition) is 9. The van der Waals surface area contributed by atoms with Crippen LogP contribution in [0.5, 0.6) is 0 Å². The van der Waals surface area contributed by atoms with E-state index in [1.54, 1.807) is 0 Å². The number of rotatable bonds is 2. The van der Waals surface area contributed by atoms with Crippen LogP contribution in [0.2, 0.25) is 0 Å². The maximum Gasteiger partial charge on any atom is 0.280 e. The SMILES string of the molecule is Nc1nc2c(ncn2[C@@H]2O[C@@H]3COP(=O)([O-])N[C@H]4[C@@H](O)[C@H](n5cnc6c(N)ncnc65)O[C@@H]4COP(=O)([O-])N[C@H]3[C@H]2O)c(=O)[nH]1.[NH4+].[NH4+]. The van der Waals surface area contributed by atoms with Crippen molar-refractivity contribution in [3.63, 3.8) is 0 Å². The van der Waals surface area contributed by atoms with E-state index in [1.807, 2.05) is 0 Å². The number of imidazole rings is 2. The van der Waals surface area contributed by atoms with E-state index >= 15 is 0 Å². The van der Waals surface area contributed by atoms with E-state index in [9.17, 15) is 33.9 Å². The van der Waals surface area contributed by atoms with Gasteiger partial charge in [0.25, 0.3) is 5.56 Å². The van der Waals surface area contributed by atoms with Crippen LogP contribution in [0.3, 0.4) is 0 Å². The Morgan fingerprint density at radius 2 is 1.34 bits per heavy atom. The Morgan fingerprint density at radius 3 is 1.89 bits per heavy atom. The average Bonchev–Trinajstić information content (AvgIpc) is 3.72. The molecule has 3 saturated heterocycles. The number of anilines is 2. The largest absolute Gasteiger partial charge is 0.766 e. The van der Waals surface area contributed by atoms with E-state index in [0.717, 1.165) is 17.2 Å². The van der Waals surface area contributed by atoms with Gasteiger partial charge in [0.05, 0.1) is 38.0 Å². The number of aromatic amines is 1. The second-order valence-corrected chi connectivity index (χ2v) is 13.4. The zero-order valence-electron chi connectivity index (χ0n) is 24.5. The highest BCUT2D eigenvalue weighted by atomic mass is 31.2. The van der Waals surface area contributed by atoms with Gasteiger partial charge in [0, 0.05) is 0 Å². The van der Waals surface area contributed by atoms with Gasteiger partial charge in [-0.15, -0.1) is 0 Å². The van der Waals surface area contributed by atoms with Crippen LogP contribution in [0, 0.1) is 0 Å². The molecular formula is C20H32N14O11P2. The maximum atomic E-state index is 13.1. The number of H-pyrrole nitrogens is 1. The number of ether oxygens (including phenoxy) is 2. The zero-order valence-corrected chi connectivity index (χ0v) is 26.3. The molecule has 3 aliphatic rings. The third kappa shape index (κ3) is 6.14. The number of aliphatic hydroxyl groups excluding tert-OH is 2. The van der Waals surface area contributed by atoms with E-state index in [0.29, 0.717) is 0 Å². The van der Waals surface area contributed by atoms with E-state index in [2.05, 4.69) is 40.1 Å². The molecule has 0 spiro atoms. The third-order valence-electron chi connectivity index (χ3n) is 7.57. The van der Waals surface area contributed by atoms with E-state index in [4.69, 9.17) is 30.0 Å². The zero-order chi connectivity index (χ0) is 31.8. The van der Waals surface area contributed by atoms with Crippen LogP contribution in [0.25, 0.3) is 22.3 Å². The van der Waals surface area contributed by atoms with Gasteiger partial charge in [-0.25, -0.2) is 30.1 Å². The third-order valence-corrected chi connectivity index (χ3v) is 9.77. The van der Waals surface area contributed by atoms with Crippen LogP contribution in [0.1, 0.15) is 12.5 Å². The summed E-state index contributed by atoms with van der Waals surface area (Å²) in [5.41, 5.74) is 10.9. The predicted molar refractivity (Wildman–Crippen MR) is 155 cm³/mol. The molecule has 4 aromatic rings. The maximum absolute atomic E-state index is 13.1. The molecule has 47 heavy (non-hydrogen) atoms. The summed E-state index contributed by atoms with van der Waals surface area (Å²) in [4.78, 5) is 60.6. The van der Waals surface area contributed by atoms with Gasteiger partial charge in [0.2, 0.25) is 21.4 Å². The smallest absolute Gasteiger partial charge is 0.280 e. The van der Waals surface area contributed by atoms with Gasteiger partial charge in [0.1, 0.15) is 36.3 Å². The van der Waals surface area contributed by atoms with Crippen molar-refractivity contribution in [3.8, 4) is 0 Å². The lowest BCUT2D eigenvalue weighted by Crippen LogP contribution is -2.50. The summed E-state index contributed by atoms with van der Waals surface area (Å²) in [5.74, 6) is -0.219. The number of nitrogen functional groups attached to an aromatic ring is 2. The molecule has 0 aliphatic carbocycles. The van der Waals surface area contributed by atoms with Crippen LogP contribution in [-0.2, 0) is 27.7 Å². The first-order valence-corrected chi connectivity index (χ1v) is 16.2. The number of nitrogens with two attached hydrogens (primary N) is 2. The van der Waals surface area contributed by atoms with Gasteiger partial charge in [-0.05, 0) is 0 Å². The molecule has 27 heteroatoms. The molecule has 4 aromatic heterocycles. The minimum Gasteiger partial charge on any atom is -0.766 e. The Kier molecular flexibility index (Phi) is 9.25. The summed E-state index contributed by atoms with van der Waals surface area (Å²) in [6, 6.07) is -2.99. The molecule has 0 aromatic carbocycles. The molecule has 0 saturated carbocycles. The van der Waals surface area contributed by atoms with E-state index in [-0.39, 0.29) is 46.4 Å². The van der Waals surface area contributed by atoms with Gasteiger partial charge in [-0.3, -0.25) is 28.0 Å². The van der Waals surface area contributed by atoms with Crippen molar-refractivity contribution < 1.29 is 47.7 Å². The normalized spacial score (nSPS) is 36.1. The summed E-state index contributed by atoms with van der Waals surface area (Å²) < 4.78 is 50.5. The number of quaternary nitrogens is 2. The fourth-order valence-corrected chi connectivity index (χ4v) is 7.72. The van der Waals surface area contributed by atoms with Gasteiger partial charge < -0.3 is 62.3 Å². The molecule has 0 radical (unpaired) electrons.